The molecule has 0 fully saturated rings. The van der Waals surface area contributed by atoms with Crippen LogP contribution in [0.5, 0.6) is 5.75 Å². The largest absolute Gasteiger partial charge is 0.434 e. The van der Waals surface area contributed by atoms with Crippen molar-refractivity contribution in [3.63, 3.8) is 0 Å². The third-order valence-electron chi connectivity index (χ3n) is 2.93. The van der Waals surface area contributed by atoms with Crippen LogP contribution < -0.4 is 10.1 Å². The molecule has 1 aromatic heterocycles. The van der Waals surface area contributed by atoms with Gasteiger partial charge in [0.05, 0.1) is 11.4 Å². The predicted molar refractivity (Wildman–Crippen MR) is 81.8 cm³/mol. The number of pyridine rings is 1. The molecule has 0 aliphatic carbocycles. The van der Waals surface area contributed by atoms with Gasteiger partial charge in [-0.2, -0.15) is 8.78 Å². The number of hydrogen-bond donors (Lipinski definition) is 1. The van der Waals surface area contributed by atoms with E-state index in [-0.39, 0.29) is 5.75 Å². The Morgan fingerprint density at radius 1 is 1.24 bits per heavy atom. The molecule has 0 bridgehead atoms. The molecular formula is C15H15BrF2N2O. The van der Waals surface area contributed by atoms with E-state index in [0.29, 0.717) is 12.1 Å². The molecule has 112 valence electrons. The van der Waals surface area contributed by atoms with Crippen LogP contribution in [0.4, 0.5) is 14.5 Å². The zero-order valence-corrected chi connectivity index (χ0v) is 13.2. The van der Waals surface area contributed by atoms with Crippen LogP contribution in [0.25, 0.3) is 0 Å². The van der Waals surface area contributed by atoms with Crippen LogP contribution >= 0.6 is 15.9 Å². The standard InChI is InChI=1S/C15H15BrF2N2O/c1-9-3-5-13(10(2)20-9)19-8-11-7-12(16)4-6-14(11)21-15(17)18/h3-7,15,19H,8H2,1-2H3. The van der Waals surface area contributed by atoms with Crippen molar-refractivity contribution < 1.29 is 13.5 Å². The van der Waals surface area contributed by atoms with Gasteiger partial charge in [0, 0.05) is 22.3 Å². The normalized spacial score (nSPS) is 10.8. The predicted octanol–water partition coefficient (Wildman–Crippen LogP) is 4.67. The van der Waals surface area contributed by atoms with Gasteiger partial charge in [-0.25, -0.2) is 0 Å². The van der Waals surface area contributed by atoms with E-state index in [4.69, 9.17) is 0 Å². The second kappa shape index (κ2) is 6.85. The molecule has 1 N–H and O–H groups in total. The van der Waals surface area contributed by atoms with Crippen molar-refractivity contribution in [1.82, 2.24) is 4.98 Å². The van der Waals surface area contributed by atoms with Gasteiger partial charge in [0.1, 0.15) is 5.75 Å². The van der Waals surface area contributed by atoms with E-state index >= 15 is 0 Å². The topological polar surface area (TPSA) is 34.1 Å². The number of aromatic nitrogens is 1. The fourth-order valence-electron chi connectivity index (χ4n) is 1.96. The summed E-state index contributed by atoms with van der Waals surface area (Å²) in [6.45, 7) is 1.34. The lowest BCUT2D eigenvalue weighted by atomic mass is 10.2. The minimum atomic E-state index is -2.84. The average molecular weight is 357 g/mol. The highest BCUT2D eigenvalue weighted by molar-refractivity contribution is 9.10. The first kappa shape index (κ1) is 15.7. The van der Waals surface area contributed by atoms with Gasteiger partial charge >= 0.3 is 6.61 Å². The second-order valence-corrected chi connectivity index (χ2v) is 5.49. The van der Waals surface area contributed by atoms with Gasteiger partial charge in [-0.1, -0.05) is 15.9 Å². The smallest absolute Gasteiger partial charge is 0.387 e. The molecule has 0 amide bonds. The number of hydrogen-bond acceptors (Lipinski definition) is 3. The van der Waals surface area contributed by atoms with Crippen LogP contribution in [0.3, 0.4) is 0 Å². The van der Waals surface area contributed by atoms with Crippen molar-refractivity contribution in [2.45, 2.75) is 27.0 Å². The Bertz CT molecular complexity index is 635. The molecule has 0 spiro atoms. The SMILES string of the molecule is Cc1ccc(NCc2cc(Br)ccc2OC(F)F)c(C)n1. The number of aryl methyl sites for hydroxylation is 2. The van der Waals surface area contributed by atoms with E-state index in [1.807, 2.05) is 26.0 Å². The van der Waals surface area contributed by atoms with Crippen LogP contribution in [0, 0.1) is 13.8 Å². The lowest BCUT2D eigenvalue weighted by Crippen LogP contribution is -2.08. The lowest BCUT2D eigenvalue weighted by Gasteiger charge is -2.14. The molecule has 6 heteroatoms. The summed E-state index contributed by atoms with van der Waals surface area (Å²) in [4.78, 5) is 4.35. The lowest BCUT2D eigenvalue weighted by molar-refractivity contribution is -0.0504. The van der Waals surface area contributed by atoms with Gasteiger partial charge in [-0.05, 0) is 44.2 Å². The van der Waals surface area contributed by atoms with E-state index in [1.165, 1.54) is 6.07 Å². The quantitative estimate of drug-likeness (QED) is 0.844. The third-order valence-corrected chi connectivity index (χ3v) is 3.43. The van der Waals surface area contributed by atoms with Gasteiger partial charge in [-0.3, -0.25) is 4.98 Å². The van der Waals surface area contributed by atoms with Crippen molar-refractivity contribution in [2.75, 3.05) is 5.32 Å². The van der Waals surface area contributed by atoms with Gasteiger partial charge in [0.2, 0.25) is 0 Å². The van der Waals surface area contributed by atoms with E-state index in [2.05, 4.69) is 31.0 Å². The van der Waals surface area contributed by atoms with Crippen molar-refractivity contribution in [1.29, 1.82) is 0 Å². The van der Waals surface area contributed by atoms with Crippen LogP contribution in [-0.4, -0.2) is 11.6 Å². The molecule has 2 rings (SSSR count). The zero-order chi connectivity index (χ0) is 15.4. The van der Waals surface area contributed by atoms with E-state index < -0.39 is 6.61 Å². The maximum atomic E-state index is 12.4. The average Bonchev–Trinajstić information content (AvgIpc) is 2.40. The number of benzene rings is 1. The first-order chi connectivity index (χ1) is 9.95. The summed E-state index contributed by atoms with van der Waals surface area (Å²) in [5, 5.41) is 3.19. The molecule has 0 atom stereocenters. The molecule has 0 saturated heterocycles. The molecule has 2 aromatic rings. The molecule has 1 aromatic carbocycles. The van der Waals surface area contributed by atoms with Crippen molar-refractivity contribution in [3.05, 3.63) is 51.8 Å². The first-order valence-electron chi connectivity index (χ1n) is 6.37. The molecule has 0 saturated carbocycles. The molecule has 3 nitrogen and oxygen atoms in total. The highest BCUT2D eigenvalue weighted by Crippen LogP contribution is 2.26. The maximum Gasteiger partial charge on any atom is 0.387 e. The monoisotopic (exact) mass is 356 g/mol. The van der Waals surface area contributed by atoms with E-state index in [9.17, 15) is 8.78 Å². The molecule has 0 unspecified atom stereocenters. The molecule has 1 heterocycles. The van der Waals surface area contributed by atoms with Gasteiger partial charge < -0.3 is 10.1 Å². The Labute approximate surface area is 130 Å². The number of ether oxygens (including phenoxy) is 1. The summed E-state index contributed by atoms with van der Waals surface area (Å²) in [6, 6.07) is 8.76. The highest BCUT2D eigenvalue weighted by atomic mass is 79.9. The van der Waals surface area contributed by atoms with Crippen molar-refractivity contribution in [3.8, 4) is 5.75 Å². The summed E-state index contributed by atoms with van der Waals surface area (Å²) >= 11 is 3.33. The summed E-state index contributed by atoms with van der Waals surface area (Å²) in [7, 11) is 0. The van der Waals surface area contributed by atoms with Gasteiger partial charge in [0.25, 0.3) is 0 Å². The third kappa shape index (κ3) is 4.39. The number of alkyl halides is 2. The molecule has 0 aliphatic heterocycles. The fraction of sp³-hybridized carbons (Fsp3) is 0.267. The second-order valence-electron chi connectivity index (χ2n) is 4.57. The van der Waals surface area contributed by atoms with E-state index in [0.717, 1.165) is 21.5 Å². The number of halogens is 3. The Morgan fingerprint density at radius 2 is 2.00 bits per heavy atom. The Morgan fingerprint density at radius 3 is 2.67 bits per heavy atom. The fourth-order valence-corrected chi connectivity index (χ4v) is 2.37. The minimum Gasteiger partial charge on any atom is -0.434 e. The Kier molecular flexibility index (Phi) is 5.12. The number of nitrogens with zero attached hydrogens (tertiary/aromatic N) is 1. The Balaban J connectivity index is 2.16. The van der Waals surface area contributed by atoms with Crippen LogP contribution in [0.2, 0.25) is 0 Å². The summed E-state index contributed by atoms with van der Waals surface area (Å²) < 4.78 is 30.2. The van der Waals surface area contributed by atoms with Gasteiger partial charge in [-0.15, -0.1) is 0 Å². The Hall–Kier alpha value is -1.69. The zero-order valence-electron chi connectivity index (χ0n) is 11.7. The van der Waals surface area contributed by atoms with Crippen LogP contribution in [-0.2, 0) is 6.54 Å². The van der Waals surface area contributed by atoms with Crippen molar-refractivity contribution in [2.24, 2.45) is 0 Å². The van der Waals surface area contributed by atoms with Crippen LogP contribution in [0.1, 0.15) is 17.0 Å². The van der Waals surface area contributed by atoms with E-state index in [1.54, 1.807) is 12.1 Å². The number of nitrogens with one attached hydrogen (secondary N) is 1. The number of rotatable bonds is 5. The summed E-state index contributed by atoms with van der Waals surface area (Å²) in [5.74, 6) is 0.165. The summed E-state index contributed by atoms with van der Waals surface area (Å²) in [5.41, 5.74) is 3.30. The van der Waals surface area contributed by atoms with Gasteiger partial charge in [0.15, 0.2) is 0 Å². The molecule has 0 radical (unpaired) electrons. The molecule has 21 heavy (non-hydrogen) atoms. The minimum absolute atomic E-state index is 0.165. The van der Waals surface area contributed by atoms with Crippen molar-refractivity contribution >= 4 is 21.6 Å². The summed E-state index contributed by atoms with van der Waals surface area (Å²) in [6.07, 6.45) is 0. The number of anilines is 1. The van der Waals surface area contributed by atoms with Crippen LogP contribution in [0.15, 0.2) is 34.8 Å². The maximum absolute atomic E-state index is 12.4. The highest BCUT2D eigenvalue weighted by Gasteiger charge is 2.10. The first-order valence-corrected chi connectivity index (χ1v) is 7.16. The molecular weight excluding hydrogens is 342 g/mol. The molecule has 0 aliphatic rings.